The van der Waals surface area contributed by atoms with Crippen molar-refractivity contribution in [3.05, 3.63) is 22.7 Å². The van der Waals surface area contributed by atoms with Crippen molar-refractivity contribution in [2.45, 2.75) is 25.3 Å². The van der Waals surface area contributed by atoms with E-state index in [1.165, 1.54) is 19.3 Å². The maximum absolute atomic E-state index is 11.5. The number of nitrogens with one attached hydrogen (secondary N) is 1. The van der Waals surface area contributed by atoms with E-state index in [1.807, 2.05) is 0 Å². The lowest BCUT2D eigenvalue weighted by atomic mass is 10.1. The Balaban J connectivity index is 1.61. The molecule has 3 rings (SSSR count). The molecule has 2 aliphatic heterocycles. The highest BCUT2D eigenvalue weighted by molar-refractivity contribution is 6.32. The number of benzene rings is 1. The molecule has 0 saturated carbocycles. The quantitative estimate of drug-likeness (QED) is 0.894. The summed E-state index contributed by atoms with van der Waals surface area (Å²) in [4.78, 5) is 14.0. The van der Waals surface area contributed by atoms with Crippen LogP contribution in [0.5, 0.6) is 5.75 Å². The number of fused-ring (bicyclic) bond motifs is 1. The number of ether oxygens (including phenoxy) is 1. The Labute approximate surface area is 129 Å². The molecule has 1 amide bonds. The number of anilines is 1. The number of hydrogen-bond donors (Lipinski definition) is 2. The molecule has 1 fully saturated rings. The number of hydrogen-bond acceptors (Lipinski definition) is 4. The summed E-state index contributed by atoms with van der Waals surface area (Å²) < 4.78 is 5.77. The van der Waals surface area contributed by atoms with Crippen molar-refractivity contribution in [1.82, 2.24) is 4.90 Å². The molecule has 0 bridgehead atoms. The number of carbonyl (C=O) groups is 1. The number of carbonyl (C=O) groups excluding carboxylic acids is 1. The van der Waals surface area contributed by atoms with Gasteiger partial charge in [-0.25, -0.2) is 0 Å². The molecule has 6 heteroatoms. The molecular weight excluding hydrogens is 290 g/mol. The lowest BCUT2D eigenvalue weighted by Crippen LogP contribution is -2.33. The Morgan fingerprint density at radius 3 is 2.86 bits per heavy atom. The Hall–Kier alpha value is -1.30. The van der Waals surface area contributed by atoms with Gasteiger partial charge in [0, 0.05) is 23.9 Å². The average molecular weight is 310 g/mol. The van der Waals surface area contributed by atoms with Crippen LogP contribution < -0.4 is 15.8 Å². The first-order chi connectivity index (χ1) is 10.1. The zero-order valence-corrected chi connectivity index (χ0v) is 12.7. The molecule has 2 heterocycles. The van der Waals surface area contributed by atoms with Gasteiger partial charge in [0.05, 0.1) is 5.02 Å². The van der Waals surface area contributed by atoms with Crippen molar-refractivity contribution in [2.24, 2.45) is 5.73 Å². The Kier molecular flexibility index (Phi) is 4.33. The number of rotatable bonds is 4. The molecule has 0 radical (unpaired) electrons. The fourth-order valence-electron chi connectivity index (χ4n) is 2.86. The molecule has 1 saturated heterocycles. The van der Waals surface area contributed by atoms with Crippen LogP contribution in [0.2, 0.25) is 5.02 Å². The van der Waals surface area contributed by atoms with Crippen LogP contribution in [0.15, 0.2) is 12.1 Å². The molecule has 0 aliphatic carbocycles. The van der Waals surface area contributed by atoms with E-state index in [1.54, 1.807) is 12.1 Å². The van der Waals surface area contributed by atoms with E-state index in [0.29, 0.717) is 23.1 Å². The highest BCUT2D eigenvalue weighted by Crippen LogP contribution is 2.37. The fourth-order valence-corrected chi connectivity index (χ4v) is 3.09. The summed E-state index contributed by atoms with van der Waals surface area (Å²) in [6.45, 7) is 3.79. The maximum Gasteiger partial charge on any atom is 0.245 e. The average Bonchev–Trinajstić information content (AvgIpc) is 2.76. The number of amides is 1. The minimum atomic E-state index is -0.639. The zero-order valence-electron chi connectivity index (χ0n) is 11.9. The summed E-state index contributed by atoms with van der Waals surface area (Å²) in [5, 5.41) is 3.24. The molecule has 5 nitrogen and oxygen atoms in total. The van der Waals surface area contributed by atoms with Crippen LogP contribution in [-0.4, -0.2) is 37.0 Å². The van der Waals surface area contributed by atoms with Gasteiger partial charge in [-0.05, 0) is 32.0 Å². The fraction of sp³-hybridized carbons (Fsp3) is 0.533. The molecule has 1 unspecified atom stereocenters. The summed E-state index contributed by atoms with van der Waals surface area (Å²) in [5.41, 5.74) is 7.22. The lowest BCUT2D eigenvalue weighted by molar-refractivity contribution is -0.116. The van der Waals surface area contributed by atoms with E-state index < -0.39 is 6.04 Å². The predicted octanol–water partition coefficient (Wildman–Crippen LogP) is 2.16. The summed E-state index contributed by atoms with van der Waals surface area (Å²) in [7, 11) is 0. The highest BCUT2D eigenvalue weighted by atomic mass is 35.5. The van der Waals surface area contributed by atoms with E-state index in [2.05, 4.69) is 10.2 Å². The molecule has 21 heavy (non-hydrogen) atoms. The first-order valence-electron chi connectivity index (χ1n) is 7.40. The summed E-state index contributed by atoms with van der Waals surface area (Å²) in [6, 6.07) is 2.84. The lowest BCUT2D eigenvalue weighted by Gasteiger charge is -2.26. The van der Waals surface area contributed by atoms with Gasteiger partial charge >= 0.3 is 0 Å². The molecule has 114 valence electrons. The second-order valence-corrected chi connectivity index (χ2v) is 5.99. The van der Waals surface area contributed by atoms with Crippen LogP contribution in [0.3, 0.4) is 0 Å². The highest BCUT2D eigenvalue weighted by Gasteiger charge is 2.28. The minimum Gasteiger partial charge on any atom is -0.491 e. The number of piperidine rings is 1. The summed E-state index contributed by atoms with van der Waals surface area (Å²) in [6.07, 6.45) is 3.86. The van der Waals surface area contributed by atoms with Crippen LogP contribution in [0.1, 0.15) is 30.9 Å². The van der Waals surface area contributed by atoms with Crippen molar-refractivity contribution < 1.29 is 9.53 Å². The van der Waals surface area contributed by atoms with Crippen LogP contribution in [0, 0.1) is 0 Å². The number of nitrogens with two attached hydrogens (primary N) is 1. The predicted molar refractivity (Wildman–Crippen MR) is 82.8 cm³/mol. The first kappa shape index (κ1) is 14.6. The number of likely N-dealkylation sites (tertiary alicyclic amines) is 1. The van der Waals surface area contributed by atoms with Gasteiger partial charge in [0.2, 0.25) is 5.91 Å². The second kappa shape index (κ2) is 6.22. The molecule has 3 N–H and O–H groups in total. The van der Waals surface area contributed by atoms with E-state index in [-0.39, 0.29) is 5.91 Å². The third-order valence-corrected chi connectivity index (χ3v) is 4.39. The van der Waals surface area contributed by atoms with Crippen molar-refractivity contribution in [3.63, 3.8) is 0 Å². The van der Waals surface area contributed by atoms with E-state index >= 15 is 0 Å². The molecule has 0 spiro atoms. The molecule has 2 aliphatic rings. The standard InChI is InChI=1S/C15H20ClN3O2/c16-11-8-10-12(18-15(20)14(10)17)9-13(11)21-7-6-19-4-2-1-3-5-19/h8-9,14H,1-7,17H2,(H,18,20). The Morgan fingerprint density at radius 1 is 1.33 bits per heavy atom. The summed E-state index contributed by atoms with van der Waals surface area (Å²) in [5.74, 6) is 0.397. The molecule has 1 atom stereocenters. The monoisotopic (exact) mass is 309 g/mol. The van der Waals surface area contributed by atoms with E-state index in [9.17, 15) is 4.79 Å². The molecule has 1 aromatic carbocycles. The van der Waals surface area contributed by atoms with Gasteiger partial charge in [-0.2, -0.15) is 0 Å². The van der Waals surface area contributed by atoms with Crippen LogP contribution in [-0.2, 0) is 4.79 Å². The van der Waals surface area contributed by atoms with Crippen LogP contribution >= 0.6 is 11.6 Å². The molecule has 0 aromatic heterocycles. The van der Waals surface area contributed by atoms with Gasteiger partial charge in [0.15, 0.2) is 0 Å². The SMILES string of the molecule is NC1C(=O)Nc2cc(OCCN3CCCCC3)c(Cl)cc21. The van der Waals surface area contributed by atoms with Gasteiger partial charge in [-0.3, -0.25) is 9.69 Å². The van der Waals surface area contributed by atoms with Gasteiger partial charge in [-0.15, -0.1) is 0 Å². The third-order valence-electron chi connectivity index (χ3n) is 4.09. The van der Waals surface area contributed by atoms with E-state index in [0.717, 1.165) is 25.2 Å². The second-order valence-electron chi connectivity index (χ2n) is 5.59. The topological polar surface area (TPSA) is 67.6 Å². The molecular formula is C15H20ClN3O2. The Bertz CT molecular complexity index is 544. The zero-order chi connectivity index (χ0) is 14.8. The third kappa shape index (κ3) is 3.15. The van der Waals surface area contributed by atoms with Gasteiger partial charge < -0.3 is 15.8 Å². The molecule has 1 aromatic rings. The van der Waals surface area contributed by atoms with Crippen LogP contribution in [0.4, 0.5) is 5.69 Å². The van der Waals surface area contributed by atoms with Gasteiger partial charge in [-0.1, -0.05) is 18.0 Å². The van der Waals surface area contributed by atoms with Crippen molar-refractivity contribution in [1.29, 1.82) is 0 Å². The largest absolute Gasteiger partial charge is 0.491 e. The Morgan fingerprint density at radius 2 is 2.10 bits per heavy atom. The van der Waals surface area contributed by atoms with Gasteiger partial charge in [0.1, 0.15) is 18.4 Å². The smallest absolute Gasteiger partial charge is 0.245 e. The van der Waals surface area contributed by atoms with Crippen molar-refractivity contribution in [2.75, 3.05) is 31.6 Å². The van der Waals surface area contributed by atoms with Crippen molar-refractivity contribution in [3.8, 4) is 5.75 Å². The number of halogens is 1. The minimum absolute atomic E-state index is 0.202. The van der Waals surface area contributed by atoms with Crippen LogP contribution in [0.25, 0.3) is 0 Å². The normalized spacial score (nSPS) is 22.0. The van der Waals surface area contributed by atoms with E-state index in [4.69, 9.17) is 22.1 Å². The maximum atomic E-state index is 11.5. The van der Waals surface area contributed by atoms with Gasteiger partial charge in [0.25, 0.3) is 0 Å². The van der Waals surface area contributed by atoms with Crippen molar-refractivity contribution >= 4 is 23.2 Å². The number of nitrogens with zero attached hydrogens (tertiary/aromatic N) is 1. The summed E-state index contributed by atoms with van der Waals surface area (Å²) >= 11 is 6.21. The first-order valence-corrected chi connectivity index (χ1v) is 7.78.